The first-order valence-electron chi connectivity index (χ1n) is 11.2. The van der Waals surface area contributed by atoms with Crippen LogP contribution in [0.1, 0.15) is 22.8 Å². The summed E-state index contributed by atoms with van der Waals surface area (Å²) in [6.07, 6.45) is 4.73. The van der Waals surface area contributed by atoms with E-state index in [9.17, 15) is 14.4 Å². The highest BCUT2D eigenvalue weighted by atomic mass is 35.5. The summed E-state index contributed by atoms with van der Waals surface area (Å²) in [5.41, 5.74) is 1.81. The van der Waals surface area contributed by atoms with Crippen molar-refractivity contribution in [3.63, 3.8) is 0 Å². The number of anilines is 1. The fourth-order valence-corrected chi connectivity index (χ4v) is 3.82. The topological polar surface area (TPSA) is 84.5 Å². The van der Waals surface area contributed by atoms with Gasteiger partial charge in [-0.1, -0.05) is 48.0 Å². The predicted molar refractivity (Wildman–Crippen MR) is 145 cm³/mol. The van der Waals surface area contributed by atoms with E-state index in [2.05, 4.69) is 10.6 Å². The molecule has 0 spiro atoms. The van der Waals surface area contributed by atoms with Crippen LogP contribution < -0.4 is 10.6 Å². The first-order chi connectivity index (χ1) is 17.4. The zero-order chi connectivity index (χ0) is 25.8. The van der Waals surface area contributed by atoms with Crippen LogP contribution in [-0.2, 0) is 14.3 Å². The molecule has 0 heterocycles. The van der Waals surface area contributed by atoms with Gasteiger partial charge in [-0.3, -0.25) is 9.59 Å². The summed E-state index contributed by atoms with van der Waals surface area (Å²) >= 11 is 7.50. The largest absolute Gasteiger partial charge is 0.463 e. The Hall–Kier alpha value is -3.81. The normalized spacial score (nSPS) is 11.2. The van der Waals surface area contributed by atoms with Crippen molar-refractivity contribution < 1.29 is 19.1 Å². The molecule has 6 nitrogen and oxygen atoms in total. The highest BCUT2D eigenvalue weighted by Gasteiger charge is 2.15. The third kappa shape index (κ3) is 8.76. The maximum atomic E-state index is 13.1. The SMILES string of the molecule is CCOC(=O)/C=C/CSc1ccc(NC(=O)/C(=C/c2ccc(Cl)cc2)NC(=O)c2ccccc2)cc1. The molecule has 184 valence electrons. The van der Waals surface area contributed by atoms with Crippen LogP contribution in [0, 0.1) is 0 Å². The second kappa shape index (κ2) is 13.9. The van der Waals surface area contributed by atoms with Crippen LogP contribution in [0.25, 0.3) is 6.08 Å². The summed E-state index contributed by atoms with van der Waals surface area (Å²) in [6.45, 7) is 2.10. The number of benzene rings is 3. The molecule has 0 saturated carbocycles. The molecule has 0 saturated heterocycles. The Morgan fingerprint density at radius 1 is 0.944 bits per heavy atom. The van der Waals surface area contributed by atoms with E-state index in [1.54, 1.807) is 79.7 Å². The average Bonchev–Trinajstić information content (AvgIpc) is 2.89. The fraction of sp³-hybridized carbons (Fsp3) is 0.107. The van der Waals surface area contributed by atoms with Gasteiger partial charge in [-0.2, -0.15) is 0 Å². The number of amides is 2. The summed E-state index contributed by atoms with van der Waals surface area (Å²) in [5, 5.41) is 6.10. The third-order valence-electron chi connectivity index (χ3n) is 4.71. The van der Waals surface area contributed by atoms with Crippen molar-refractivity contribution in [1.29, 1.82) is 0 Å². The highest BCUT2D eigenvalue weighted by molar-refractivity contribution is 7.99. The molecular formula is C28H25ClN2O4S. The number of halogens is 1. The van der Waals surface area contributed by atoms with Crippen molar-refractivity contribution in [3.8, 4) is 0 Å². The Balaban J connectivity index is 1.68. The van der Waals surface area contributed by atoms with Crippen molar-refractivity contribution in [2.24, 2.45) is 0 Å². The van der Waals surface area contributed by atoms with Gasteiger partial charge in [0.1, 0.15) is 5.70 Å². The van der Waals surface area contributed by atoms with Crippen molar-refractivity contribution in [3.05, 3.63) is 113 Å². The Morgan fingerprint density at radius 2 is 1.64 bits per heavy atom. The monoisotopic (exact) mass is 520 g/mol. The lowest BCUT2D eigenvalue weighted by molar-refractivity contribution is -0.137. The van der Waals surface area contributed by atoms with Crippen molar-refractivity contribution in [2.75, 3.05) is 17.7 Å². The molecule has 8 heteroatoms. The van der Waals surface area contributed by atoms with Crippen LogP contribution in [-0.4, -0.2) is 30.1 Å². The Kier molecular flexibility index (Phi) is 10.4. The fourth-order valence-electron chi connectivity index (χ4n) is 2.98. The van der Waals surface area contributed by atoms with E-state index < -0.39 is 11.8 Å². The molecule has 0 radical (unpaired) electrons. The summed E-state index contributed by atoms with van der Waals surface area (Å²) < 4.78 is 4.85. The molecule has 0 bridgehead atoms. The summed E-state index contributed by atoms with van der Waals surface area (Å²) in [6, 6.07) is 22.9. The molecule has 3 aromatic carbocycles. The summed E-state index contributed by atoms with van der Waals surface area (Å²) in [7, 11) is 0. The van der Waals surface area contributed by atoms with Gasteiger partial charge in [-0.15, -0.1) is 11.8 Å². The van der Waals surface area contributed by atoms with E-state index in [0.29, 0.717) is 34.2 Å². The molecule has 0 aromatic heterocycles. The minimum absolute atomic E-state index is 0.0914. The van der Waals surface area contributed by atoms with Gasteiger partial charge >= 0.3 is 5.97 Å². The number of esters is 1. The lowest BCUT2D eigenvalue weighted by atomic mass is 10.1. The van der Waals surface area contributed by atoms with Gasteiger partial charge < -0.3 is 15.4 Å². The molecular weight excluding hydrogens is 496 g/mol. The number of rotatable bonds is 10. The molecule has 0 atom stereocenters. The zero-order valence-corrected chi connectivity index (χ0v) is 21.1. The molecule has 3 aromatic rings. The molecule has 2 amide bonds. The molecule has 0 fully saturated rings. The second-order valence-corrected chi connectivity index (χ2v) is 8.90. The first kappa shape index (κ1) is 26.8. The van der Waals surface area contributed by atoms with Gasteiger partial charge in [0.25, 0.3) is 11.8 Å². The van der Waals surface area contributed by atoms with Gasteiger partial charge in [0, 0.05) is 33.0 Å². The molecule has 0 aliphatic rings. The summed E-state index contributed by atoms with van der Waals surface area (Å²) in [5.74, 6) is -0.622. The van der Waals surface area contributed by atoms with Crippen LogP contribution in [0.3, 0.4) is 0 Å². The minimum Gasteiger partial charge on any atom is -0.463 e. The van der Waals surface area contributed by atoms with Gasteiger partial charge in [0.05, 0.1) is 6.61 Å². The van der Waals surface area contributed by atoms with E-state index in [1.165, 1.54) is 17.8 Å². The maximum Gasteiger partial charge on any atom is 0.330 e. The van der Waals surface area contributed by atoms with Crippen LogP contribution in [0.4, 0.5) is 5.69 Å². The number of thioether (sulfide) groups is 1. The first-order valence-corrected chi connectivity index (χ1v) is 12.5. The van der Waals surface area contributed by atoms with Gasteiger partial charge in [-0.25, -0.2) is 4.79 Å². The van der Waals surface area contributed by atoms with E-state index in [1.807, 2.05) is 18.2 Å². The molecule has 0 aliphatic heterocycles. The van der Waals surface area contributed by atoms with Gasteiger partial charge in [0.15, 0.2) is 0 Å². The smallest absolute Gasteiger partial charge is 0.330 e. The number of carbonyl (C=O) groups excluding carboxylic acids is 3. The zero-order valence-electron chi connectivity index (χ0n) is 19.6. The molecule has 3 rings (SSSR count). The van der Waals surface area contributed by atoms with E-state index in [0.717, 1.165) is 4.90 Å². The second-order valence-electron chi connectivity index (χ2n) is 7.37. The quantitative estimate of drug-likeness (QED) is 0.196. The molecule has 0 aliphatic carbocycles. The Morgan fingerprint density at radius 3 is 2.31 bits per heavy atom. The van der Waals surface area contributed by atoms with E-state index in [4.69, 9.17) is 16.3 Å². The maximum absolute atomic E-state index is 13.1. The minimum atomic E-state index is -0.466. The van der Waals surface area contributed by atoms with Crippen molar-refractivity contribution in [1.82, 2.24) is 5.32 Å². The Labute approximate surface area is 219 Å². The number of carbonyl (C=O) groups is 3. The van der Waals surface area contributed by atoms with Crippen LogP contribution in [0.5, 0.6) is 0 Å². The molecule has 2 N–H and O–H groups in total. The number of ether oxygens (including phenoxy) is 1. The van der Waals surface area contributed by atoms with E-state index >= 15 is 0 Å². The lowest BCUT2D eigenvalue weighted by Crippen LogP contribution is -2.30. The average molecular weight is 521 g/mol. The lowest BCUT2D eigenvalue weighted by Gasteiger charge is -2.12. The van der Waals surface area contributed by atoms with Crippen molar-refractivity contribution in [2.45, 2.75) is 11.8 Å². The number of hydrogen-bond donors (Lipinski definition) is 2. The molecule has 36 heavy (non-hydrogen) atoms. The molecule has 0 unspecified atom stereocenters. The van der Waals surface area contributed by atoms with Crippen LogP contribution in [0.2, 0.25) is 5.02 Å². The highest BCUT2D eigenvalue weighted by Crippen LogP contribution is 2.21. The van der Waals surface area contributed by atoms with Gasteiger partial charge in [-0.05, 0) is 67.1 Å². The Bertz CT molecular complexity index is 1240. The number of hydrogen-bond acceptors (Lipinski definition) is 5. The number of nitrogens with one attached hydrogen (secondary N) is 2. The van der Waals surface area contributed by atoms with Gasteiger partial charge in [0.2, 0.25) is 0 Å². The standard InChI is InChI=1S/C28H25ClN2O4S/c1-2-35-26(32)9-6-18-36-24-16-14-23(15-17-24)30-28(34)25(19-20-10-12-22(29)13-11-20)31-27(33)21-7-4-3-5-8-21/h3-17,19H,2,18H2,1H3,(H,30,34)(H,31,33)/b9-6+,25-19-. The van der Waals surface area contributed by atoms with Crippen LogP contribution >= 0.6 is 23.4 Å². The third-order valence-corrected chi connectivity index (χ3v) is 5.93. The van der Waals surface area contributed by atoms with Crippen LogP contribution in [0.15, 0.2) is 102 Å². The van der Waals surface area contributed by atoms with Crippen molar-refractivity contribution >= 4 is 52.9 Å². The predicted octanol–water partition coefficient (Wildman–Crippen LogP) is 5.96. The van der Waals surface area contributed by atoms with E-state index in [-0.39, 0.29) is 11.7 Å². The summed E-state index contributed by atoms with van der Waals surface area (Å²) in [4.78, 5) is 38.1.